The maximum absolute atomic E-state index is 13.0. The number of aliphatic hydroxyl groups excluding tert-OH is 1. The molecule has 1 heterocycles. The molecule has 31 heavy (non-hydrogen) atoms. The number of amides is 1. The molecule has 2 aromatic rings. The van der Waals surface area contributed by atoms with E-state index in [1.54, 1.807) is 30.3 Å². The standard InChI is InChI=1S/C23H25ClN2O5/c1-25(2)10-5-11-26-20(14-8-9-18(31-3)17(27)13-14)19(22(29)23(26)30)21(28)15-6-4-7-16(24)12-15/h4,6-9,12-13,20,27-28H,5,10-11H2,1-3H3/b21-19-. The summed E-state index contributed by atoms with van der Waals surface area (Å²) in [6.07, 6.45) is 0.635. The molecule has 164 valence electrons. The molecule has 2 aromatic carbocycles. The Morgan fingerprint density at radius 2 is 1.94 bits per heavy atom. The molecule has 1 saturated heterocycles. The zero-order chi connectivity index (χ0) is 22.7. The van der Waals surface area contributed by atoms with Crippen LogP contribution in [0.5, 0.6) is 11.5 Å². The fraction of sp³-hybridized carbons (Fsp3) is 0.304. The lowest BCUT2D eigenvalue weighted by Crippen LogP contribution is -2.32. The molecular formula is C23H25ClN2O5. The maximum atomic E-state index is 13.0. The molecule has 7 nitrogen and oxygen atoms in total. The molecule has 3 rings (SSSR count). The van der Waals surface area contributed by atoms with E-state index in [9.17, 15) is 19.8 Å². The van der Waals surface area contributed by atoms with Crippen LogP contribution >= 0.6 is 11.6 Å². The van der Waals surface area contributed by atoms with Crippen LogP contribution in [0.4, 0.5) is 0 Å². The van der Waals surface area contributed by atoms with Gasteiger partial charge < -0.3 is 24.7 Å². The van der Waals surface area contributed by atoms with Crippen molar-refractivity contribution < 1.29 is 24.5 Å². The average Bonchev–Trinajstić information content (AvgIpc) is 2.98. The lowest BCUT2D eigenvalue weighted by Gasteiger charge is -2.26. The van der Waals surface area contributed by atoms with Gasteiger partial charge in [0.2, 0.25) is 0 Å². The summed E-state index contributed by atoms with van der Waals surface area (Å²) < 4.78 is 5.10. The molecule has 0 saturated carbocycles. The molecule has 0 aliphatic carbocycles. The number of carbonyl (C=O) groups excluding carboxylic acids is 2. The van der Waals surface area contributed by atoms with E-state index in [0.717, 1.165) is 6.54 Å². The maximum Gasteiger partial charge on any atom is 0.295 e. The highest BCUT2D eigenvalue weighted by molar-refractivity contribution is 6.46. The molecule has 8 heteroatoms. The molecule has 1 aliphatic rings. The summed E-state index contributed by atoms with van der Waals surface area (Å²) in [5.41, 5.74) is 0.786. The van der Waals surface area contributed by atoms with Gasteiger partial charge in [-0.05, 0) is 56.9 Å². The number of hydrogen-bond donors (Lipinski definition) is 2. The van der Waals surface area contributed by atoms with Gasteiger partial charge in [-0.3, -0.25) is 9.59 Å². The summed E-state index contributed by atoms with van der Waals surface area (Å²) >= 11 is 6.05. The Labute approximate surface area is 186 Å². The number of phenols is 1. The van der Waals surface area contributed by atoms with E-state index >= 15 is 0 Å². The quantitative estimate of drug-likeness (QED) is 0.386. The fourth-order valence-electron chi connectivity index (χ4n) is 3.68. The van der Waals surface area contributed by atoms with Gasteiger partial charge >= 0.3 is 0 Å². The zero-order valence-corrected chi connectivity index (χ0v) is 18.4. The topological polar surface area (TPSA) is 90.3 Å². The first-order chi connectivity index (χ1) is 14.7. The van der Waals surface area contributed by atoms with Crippen LogP contribution in [-0.2, 0) is 9.59 Å². The van der Waals surface area contributed by atoms with Crippen molar-refractivity contribution in [3.05, 3.63) is 64.2 Å². The number of hydrogen-bond acceptors (Lipinski definition) is 6. The van der Waals surface area contributed by atoms with Crippen LogP contribution in [-0.4, -0.2) is 66.0 Å². The van der Waals surface area contributed by atoms with Crippen molar-refractivity contribution in [2.75, 3.05) is 34.3 Å². The van der Waals surface area contributed by atoms with Crippen molar-refractivity contribution in [3.63, 3.8) is 0 Å². The molecular weight excluding hydrogens is 420 g/mol. The van der Waals surface area contributed by atoms with Gasteiger partial charge in [0.15, 0.2) is 11.5 Å². The van der Waals surface area contributed by atoms with Crippen molar-refractivity contribution in [3.8, 4) is 11.5 Å². The largest absolute Gasteiger partial charge is 0.507 e. The molecule has 0 spiro atoms. The third-order valence-electron chi connectivity index (χ3n) is 5.16. The number of nitrogens with zero attached hydrogens (tertiary/aromatic N) is 2. The Bertz CT molecular complexity index is 1030. The number of benzene rings is 2. The predicted molar refractivity (Wildman–Crippen MR) is 118 cm³/mol. The summed E-state index contributed by atoms with van der Waals surface area (Å²) in [7, 11) is 5.28. The average molecular weight is 445 g/mol. The van der Waals surface area contributed by atoms with Gasteiger partial charge in [-0.1, -0.05) is 29.8 Å². The van der Waals surface area contributed by atoms with Crippen LogP contribution in [0.25, 0.3) is 5.76 Å². The Morgan fingerprint density at radius 1 is 1.19 bits per heavy atom. The molecule has 2 N–H and O–H groups in total. The number of likely N-dealkylation sites (tertiary alicyclic amines) is 1. The monoisotopic (exact) mass is 444 g/mol. The van der Waals surface area contributed by atoms with Crippen molar-refractivity contribution in [1.29, 1.82) is 0 Å². The van der Waals surface area contributed by atoms with Crippen LogP contribution in [0.3, 0.4) is 0 Å². The second-order valence-electron chi connectivity index (χ2n) is 7.59. The van der Waals surface area contributed by atoms with Crippen LogP contribution in [0.15, 0.2) is 48.0 Å². The first-order valence-corrected chi connectivity index (χ1v) is 10.2. The summed E-state index contributed by atoms with van der Waals surface area (Å²) in [6, 6.07) is 10.3. The van der Waals surface area contributed by atoms with E-state index in [1.807, 2.05) is 19.0 Å². The second-order valence-corrected chi connectivity index (χ2v) is 8.03. The minimum absolute atomic E-state index is 0.0401. The Morgan fingerprint density at radius 3 is 2.55 bits per heavy atom. The normalized spacial score (nSPS) is 18.1. The van der Waals surface area contributed by atoms with E-state index in [4.69, 9.17) is 16.3 Å². The van der Waals surface area contributed by atoms with Crippen molar-refractivity contribution in [1.82, 2.24) is 9.80 Å². The van der Waals surface area contributed by atoms with Crippen LogP contribution in [0.2, 0.25) is 5.02 Å². The van der Waals surface area contributed by atoms with Gasteiger partial charge in [-0.15, -0.1) is 0 Å². The van der Waals surface area contributed by atoms with Crippen LogP contribution in [0, 0.1) is 0 Å². The number of carbonyl (C=O) groups is 2. The highest BCUT2D eigenvalue weighted by Gasteiger charge is 2.46. The molecule has 0 bridgehead atoms. The van der Waals surface area contributed by atoms with Crippen LogP contribution < -0.4 is 4.74 Å². The van der Waals surface area contributed by atoms with E-state index in [0.29, 0.717) is 29.1 Å². The van der Waals surface area contributed by atoms with Gasteiger partial charge in [-0.25, -0.2) is 0 Å². The van der Waals surface area contributed by atoms with Crippen molar-refractivity contribution in [2.45, 2.75) is 12.5 Å². The van der Waals surface area contributed by atoms with Gasteiger partial charge in [0.25, 0.3) is 11.7 Å². The zero-order valence-electron chi connectivity index (χ0n) is 17.6. The third-order valence-corrected chi connectivity index (χ3v) is 5.40. The molecule has 0 aromatic heterocycles. The second kappa shape index (κ2) is 9.41. The number of aromatic hydroxyl groups is 1. The van der Waals surface area contributed by atoms with Crippen LogP contribution in [0.1, 0.15) is 23.6 Å². The van der Waals surface area contributed by atoms with E-state index in [2.05, 4.69) is 0 Å². The molecule has 1 unspecified atom stereocenters. The van der Waals surface area contributed by atoms with Gasteiger partial charge in [0, 0.05) is 17.1 Å². The fourth-order valence-corrected chi connectivity index (χ4v) is 3.87. The molecule has 1 amide bonds. The first-order valence-electron chi connectivity index (χ1n) is 9.80. The summed E-state index contributed by atoms with van der Waals surface area (Å²) in [6.45, 7) is 1.03. The summed E-state index contributed by atoms with van der Waals surface area (Å²) in [4.78, 5) is 29.3. The number of rotatable bonds is 7. The number of phenolic OH excluding ortho intramolecular Hbond substituents is 1. The number of halogens is 1. The minimum Gasteiger partial charge on any atom is -0.507 e. The number of methoxy groups -OCH3 is 1. The minimum atomic E-state index is -0.849. The Kier molecular flexibility index (Phi) is 6.87. The first kappa shape index (κ1) is 22.7. The van der Waals surface area contributed by atoms with Gasteiger partial charge in [0.05, 0.1) is 18.7 Å². The molecule has 1 aliphatic heterocycles. The van der Waals surface area contributed by atoms with E-state index in [1.165, 1.54) is 24.1 Å². The van der Waals surface area contributed by atoms with E-state index in [-0.39, 0.29) is 22.8 Å². The van der Waals surface area contributed by atoms with E-state index < -0.39 is 17.7 Å². The molecule has 0 radical (unpaired) electrons. The van der Waals surface area contributed by atoms with Crippen molar-refractivity contribution >= 4 is 29.1 Å². The highest BCUT2D eigenvalue weighted by atomic mass is 35.5. The number of ether oxygens (including phenoxy) is 1. The highest BCUT2D eigenvalue weighted by Crippen LogP contribution is 2.41. The lowest BCUT2D eigenvalue weighted by molar-refractivity contribution is -0.139. The number of Topliss-reactive ketones (excluding diaryl/α,β-unsaturated/α-hetero) is 1. The number of aliphatic hydroxyl groups is 1. The summed E-state index contributed by atoms with van der Waals surface area (Å²) in [5.74, 6) is -1.63. The predicted octanol–water partition coefficient (Wildman–Crippen LogP) is 3.43. The van der Waals surface area contributed by atoms with Gasteiger partial charge in [-0.2, -0.15) is 0 Å². The summed E-state index contributed by atoms with van der Waals surface area (Å²) in [5, 5.41) is 21.7. The Balaban J connectivity index is 2.13. The molecule has 1 fully saturated rings. The smallest absolute Gasteiger partial charge is 0.295 e. The SMILES string of the molecule is COc1ccc(C2/C(=C(/O)c3cccc(Cl)c3)C(=O)C(=O)N2CCCN(C)C)cc1O. The Hall–Kier alpha value is -3.03. The third kappa shape index (κ3) is 4.68. The van der Waals surface area contributed by atoms with Crippen molar-refractivity contribution in [2.24, 2.45) is 0 Å². The molecule has 1 atom stereocenters. The number of ketones is 1. The van der Waals surface area contributed by atoms with Gasteiger partial charge in [0.1, 0.15) is 5.76 Å². The lowest BCUT2D eigenvalue weighted by atomic mass is 9.95.